The van der Waals surface area contributed by atoms with Gasteiger partial charge in [-0.1, -0.05) is 6.07 Å². The molecule has 0 aliphatic heterocycles. The number of hydrogen-bond acceptors (Lipinski definition) is 7. The molecule has 4 aromatic rings. The van der Waals surface area contributed by atoms with Gasteiger partial charge in [-0.3, -0.25) is 4.79 Å². The van der Waals surface area contributed by atoms with Crippen LogP contribution in [0.5, 0.6) is 11.5 Å². The predicted octanol–water partition coefficient (Wildman–Crippen LogP) is 4.20. The summed E-state index contributed by atoms with van der Waals surface area (Å²) in [7, 11) is 0. The summed E-state index contributed by atoms with van der Waals surface area (Å²) >= 11 is 0. The number of amides is 1. The summed E-state index contributed by atoms with van der Waals surface area (Å²) < 4.78 is 22.2. The van der Waals surface area contributed by atoms with E-state index < -0.39 is 11.7 Å². The van der Waals surface area contributed by atoms with Crippen molar-refractivity contribution in [2.24, 2.45) is 0 Å². The predicted molar refractivity (Wildman–Crippen MR) is 115 cm³/mol. The van der Waals surface area contributed by atoms with Crippen LogP contribution in [0, 0.1) is 12.7 Å². The Morgan fingerprint density at radius 1 is 1.19 bits per heavy atom. The van der Waals surface area contributed by atoms with Crippen molar-refractivity contribution >= 4 is 11.7 Å². The number of pyridine rings is 1. The number of carbonyl (C=O) groups excluding carboxylic acids is 1. The maximum atomic E-state index is 14.6. The monoisotopic (exact) mass is 433 g/mol. The van der Waals surface area contributed by atoms with Gasteiger partial charge in [-0.25, -0.2) is 19.3 Å². The van der Waals surface area contributed by atoms with Crippen LogP contribution in [0.3, 0.4) is 0 Å². The molecule has 0 aliphatic carbocycles. The van der Waals surface area contributed by atoms with E-state index in [0.29, 0.717) is 28.6 Å². The zero-order valence-electron chi connectivity index (χ0n) is 17.7. The second-order valence-corrected chi connectivity index (χ2v) is 7.29. The zero-order valence-corrected chi connectivity index (χ0v) is 17.7. The van der Waals surface area contributed by atoms with E-state index in [1.54, 1.807) is 31.5 Å². The summed E-state index contributed by atoms with van der Waals surface area (Å²) in [5.41, 5.74) is 0.877. The third kappa shape index (κ3) is 4.43. The maximum Gasteiger partial charge on any atom is 0.259 e. The van der Waals surface area contributed by atoms with Crippen LogP contribution in [0.25, 0.3) is 11.5 Å². The first-order valence-electron chi connectivity index (χ1n) is 9.83. The molecule has 0 fully saturated rings. The van der Waals surface area contributed by atoms with E-state index in [4.69, 9.17) is 4.74 Å². The van der Waals surface area contributed by atoms with Crippen molar-refractivity contribution in [2.75, 3.05) is 5.32 Å². The minimum absolute atomic E-state index is 0.134. The van der Waals surface area contributed by atoms with E-state index >= 15 is 0 Å². The van der Waals surface area contributed by atoms with Crippen LogP contribution in [0.2, 0.25) is 0 Å². The van der Waals surface area contributed by atoms with Gasteiger partial charge in [0.1, 0.15) is 35.7 Å². The van der Waals surface area contributed by atoms with Crippen molar-refractivity contribution in [1.29, 1.82) is 0 Å². The first kappa shape index (κ1) is 21.0. The summed E-state index contributed by atoms with van der Waals surface area (Å²) in [6.45, 7) is 5.68. The van der Waals surface area contributed by atoms with Crippen LogP contribution in [0.15, 0.2) is 55.4 Å². The summed E-state index contributed by atoms with van der Waals surface area (Å²) in [6, 6.07) is 7.82. The van der Waals surface area contributed by atoms with Crippen LogP contribution >= 0.6 is 0 Å². The fourth-order valence-electron chi connectivity index (χ4n) is 3.02. The molecule has 10 heteroatoms. The van der Waals surface area contributed by atoms with Crippen LogP contribution in [0.1, 0.15) is 35.8 Å². The lowest BCUT2D eigenvalue weighted by molar-refractivity contribution is 0.102. The minimum Gasteiger partial charge on any atom is -0.454 e. The average molecular weight is 433 g/mol. The molecule has 0 aliphatic rings. The number of anilines is 1. The molecule has 0 unspecified atom stereocenters. The molecular weight excluding hydrogens is 413 g/mol. The SMILES string of the molecule is Cc1cc(F)c(C(=O)Nc2cccc(-c3nncn3C(C)C)n2)cc1Oc1cncnc1. The van der Waals surface area contributed by atoms with Gasteiger partial charge in [-0.2, -0.15) is 0 Å². The fourth-order valence-corrected chi connectivity index (χ4v) is 3.02. The number of hydrogen-bond donors (Lipinski definition) is 1. The quantitative estimate of drug-likeness (QED) is 0.485. The Bertz CT molecular complexity index is 1260. The molecule has 1 amide bonds. The van der Waals surface area contributed by atoms with Gasteiger partial charge in [-0.05, 0) is 50.6 Å². The Labute approximate surface area is 183 Å². The second-order valence-electron chi connectivity index (χ2n) is 7.29. The van der Waals surface area contributed by atoms with Gasteiger partial charge < -0.3 is 14.6 Å². The molecule has 3 heterocycles. The third-order valence-electron chi connectivity index (χ3n) is 4.62. The molecule has 1 aromatic carbocycles. The van der Waals surface area contributed by atoms with Crippen LogP contribution in [-0.4, -0.2) is 35.6 Å². The van der Waals surface area contributed by atoms with E-state index in [1.807, 2.05) is 18.4 Å². The summed E-state index contributed by atoms with van der Waals surface area (Å²) in [5.74, 6) is 0.178. The van der Waals surface area contributed by atoms with Crippen LogP contribution < -0.4 is 10.1 Å². The Kier molecular flexibility index (Phi) is 5.84. The van der Waals surface area contributed by atoms with Gasteiger partial charge in [-0.15, -0.1) is 10.2 Å². The molecule has 0 saturated carbocycles. The standard InChI is InChI=1S/C22H20FN7O2/c1-13(2)30-12-26-29-21(30)18-5-4-6-20(27-18)28-22(31)16-8-19(14(3)7-17(16)23)32-15-9-24-11-25-10-15/h4-13H,1-3H3,(H,27,28,31). The lowest BCUT2D eigenvalue weighted by atomic mass is 10.1. The topological polar surface area (TPSA) is 108 Å². The molecule has 0 radical (unpaired) electrons. The number of ether oxygens (including phenoxy) is 1. The average Bonchev–Trinajstić information content (AvgIpc) is 3.27. The number of aromatic nitrogens is 6. The van der Waals surface area contributed by atoms with Crippen LogP contribution in [-0.2, 0) is 0 Å². The molecule has 9 nitrogen and oxygen atoms in total. The molecule has 3 aromatic heterocycles. The Morgan fingerprint density at radius 2 is 1.97 bits per heavy atom. The van der Waals surface area contributed by atoms with Crippen molar-refractivity contribution in [3.05, 3.63) is 72.3 Å². The van der Waals surface area contributed by atoms with E-state index in [9.17, 15) is 9.18 Å². The molecular formula is C22H20FN7O2. The second kappa shape index (κ2) is 8.88. The fraction of sp³-hybridized carbons (Fsp3) is 0.182. The zero-order chi connectivity index (χ0) is 22.7. The lowest BCUT2D eigenvalue weighted by Gasteiger charge is -2.12. The number of rotatable bonds is 6. The van der Waals surface area contributed by atoms with Gasteiger partial charge in [0.15, 0.2) is 11.6 Å². The minimum atomic E-state index is -0.674. The van der Waals surface area contributed by atoms with Crippen molar-refractivity contribution in [3.8, 4) is 23.0 Å². The van der Waals surface area contributed by atoms with E-state index in [-0.39, 0.29) is 17.4 Å². The number of nitrogens with one attached hydrogen (secondary N) is 1. The number of nitrogens with zero attached hydrogens (tertiary/aromatic N) is 6. The first-order chi connectivity index (χ1) is 15.4. The third-order valence-corrected chi connectivity index (χ3v) is 4.62. The number of halogens is 1. The van der Waals surface area contributed by atoms with Gasteiger partial charge in [0, 0.05) is 6.04 Å². The van der Waals surface area contributed by atoms with Crippen LogP contribution in [0.4, 0.5) is 10.2 Å². The van der Waals surface area contributed by atoms with E-state index in [0.717, 1.165) is 0 Å². The van der Waals surface area contributed by atoms with Gasteiger partial charge in [0.2, 0.25) is 0 Å². The maximum absolute atomic E-state index is 14.6. The van der Waals surface area contributed by atoms with Gasteiger partial charge in [0.25, 0.3) is 5.91 Å². The first-order valence-corrected chi connectivity index (χ1v) is 9.83. The molecule has 4 rings (SSSR count). The van der Waals surface area contributed by atoms with Crippen molar-refractivity contribution in [2.45, 2.75) is 26.8 Å². The molecule has 0 saturated heterocycles. The summed E-state index contributed by atoms with van der Waals surface area (Å²) in [6.07, 6.45) is 5.93. The molecule has 1 N–H and O–H groups in total. The lowest BCUT2D eigenvalue weighted by Crippen LogP contribution is -2.15. The Balaban J connectivity index is 1.59. The molecule has 0 atom stereocenters. The highest BCUT2D eigenvalue weighted by Crippen LogP contribution is 2.28. The van der Waals surface area contributed by atoms with Gasteiger partial charge in [0.05, 0.1) is 18.0 Å². The largest absolute Gasteiger partial charge is 0.454 e. The number of benzene rings is 1. The number of carbonyl (C=O) groups is 1. The summed E-state index contributed by atoms with van der Waals surface area (Å²) in [5, 5.41) is 10.7. The highest BCUT2D eigenvalue weighted by molar-refractivity contribution is 6.04. The smallest absolute Gasteiger partial charge is 0.259 e. The van der Waals surface area contributed by atoms with Crippen molar-refractivity contribution in [3.63, 3.8) is 0 Å². The van der Waals surface area contributed by atoms with Gasteiger partial charge >= 0.3 is 0 Å². The molecule has 0 spiro atoms. The van der Waals surface area contributed by atoms with Crippen molar-refractivity contribution < 1.29 is 13.9 Å². The Hall–Kier alpha value is -4.21. The van der Waals surface area contributed by atoms with E-state index in [2.05, 4.69) is 30.5 Å². The molecule has 32 heavy (non-hydrogen) atoms. The molecule has 0 bridgehead atoms. The van der Waals surface area contributed by atoms with E-state index in [1.165, 1.54) is 30.9 Å². The molecule has 162 valence electrons. The Morgan fingerprint density at radius 3 is 2.72 bits per heavy atom. The highest BCUT2D eigenvalue weighted by Gasteiger charge is 2.18. The normalized spacial score (nSPS) is 10.9. The van der Waals surface area contributed by atoms with Crippen molar-refractivity contribution in [1.82, 2.24) is 29.7 Å². The number of aryl methyl sites for hydroxylation is 1. The highest BCUT2D eigenvalue weighted by atomic mass is 19.1. The summed E-state index contributed by atoms with van der Waals surface area (Å²) in [4.78, 5) is 25.0.